The van der Waals surface area contributed by atoms with Crippen LogP contribution in [0.4, 0.5) is 11.4 Å². The lowest BCUT2D eigenvalue weighted by Gasteiger charge is -2.40. The lowest BCUT2D eigenvalue weighted by Crippen LogP contribution is -2.60. The maximum Gasteiger partial charge on any atom is 0.242 e. The molecular weight excluding hydrogens is 459 g/mol. The van der Waals surface area contributed by atoms with E-state index in [0.29, 0.717) is 0 Å². The van der Waals surface area contributed by atoms with Crippen LogP contribution < -0.4 is 26.2 Å². The fourth-order valence-electron chi connectivity index (χ4n) is 7.14. The summed E-state index contributed by atoms with van der Waals surface area (Å²) in [6.45, 7) is 5.00. The van der Waals surface area contributed by atoms with Gasteiger partial charge in [-0.05, 0) is 33.4 Å². The van der Waals surface area contributed by atoms with Gasteiger partial charge in [-0.2, -0.15) is 0 Å². The van der Waals surface area contributed by atoms with Crippen LogP contribution in [-0.2, 0) is 5.41 Å². The van der Waals surface area contributed by atoms with Crippen molar-refractivity contribution in [2.75, 3.05) is 38.0 Å². The van der Waals surface area contributed by atoms with Gasteiger partial charge in [0.1, 0.15) is 0 Å². The Labute approximate surface area is 225 Å². The Morgan fingerprint density at radius 3 is 1.87 bits per heavy atom. The van der Waals surface area contributed by atoms with Crippen molar-refractivity contribution in [2.45, 2.75) is 19.3 Å². The Morgan fingerprint density at radius 2 is 1.18 bits per heavy atom. The van der Waals surface area contributed by atoms with Gasteiger partial charge in [0, 0.05) is 61.1 Å². The molecule has 7 rings (SSSR count). The SMILES string of the molecule is CN(C)c1cc(N(C)C)c2ccc3c4c(cc5ccc1c2c53)C(C)(C)c1ccccc1B4c1ccccc1. The van der Waals surface area contributed by atoms with E-state index in [2.05, 4.69) is 143 Å². The Bertz CT molecular complexity index is 1820. The van der Waals surface area contributed by atoms with Gasteiger partial charge in [0.05, 0.1) is 0 Å². The Balaban J connectivity index is 1.69. The molecule has 1 aliphatic rings. The molecule has 0 bridgehead atoms. The highest BCUT2D eigenvalue weighted by molar-refractivity contribution is 6.98. The average molecular weight is 492 g/mol. The molecule has 0 aliphatic carbocycles. The van der Waals surface area contributed by atoms with E-state index in [1.807, 2.05) is 0 Å². The first-order chi connectivity index (χ1) is 18.3. The van der Waals surface area contributed by atoms with Gasteiger partial charge in [0.15, 0.2) is 0 Å². The first-order valence-electron chi connectivity index (χ1n) is 13.6. The molecule has 2 nitrogen and oxygen atoms in total. The van der Waals surface area contributed by atoms with Crippen molar-refractivity contribution in [2.24, 2.45) is 0 Å². The second-order valence-corrected chi connectivity index (χ2v) is 11.8. The third-order valence-electron chi connectivity index (χ3n) is 8.90. The Morgan fingerprint density at radius 1 is 0.579 bits per heavy atom. The first kappa shape index (κ1) is 23.2. The molecular formula is C35H33BN2. The minimum atomic E-state index is -0.0920. The fraction of sp³-hybridized carbons (Fsp3) is 0.200. The minimum Gasteiger partial charge on any atom is -0.377 e. The van der Waals surface area contributed by atoms with E-state index in [9.17, 15) is 0 Å². The van der Waals surface area contributed by atoms with Gasteiger partial charge in [-0.1, -0.05) is 115 Å². The predicted octanol–water partition coefficient (Wildman–Crippen LogP) is 5.87. The predicted molar refractivity (Wildman–Crippen MR) is 168 cm³/mol. The van der Waals surface area contributed by atoms with E-state index in [1.165, 1.54) is 71.2 Å². The second kappa shape index (κ2) is 8.01. The van der Waals surface area contributed by atoms with Gasteiger partial charge in [-0.3, -0.25) is 0 Å². The molecule has 186 valence electrons. The summed E-state index contributed by atoms with van der Waals surface area (Å²) in [5, 5.41) is 8.12. The highest BCUT2D eigenvalue weighted by Gasteiger charge is 2.41. The van der Waals surface area contributed by atoms with Crippen LogP contribution in [0.3, 0.4) is 0 Å². The first-order valence-corrected chi connectivity index (χ1v) is 13.6. The van der Waals surface area contributed by atoms with Crippen LogP contribution in [0.2, 0.25) is 0 Å². The van der Waals surface area contributed by atoms with E-state index >= 15 is 0 Å². The molecule has 0 N–H and O–H groups in total. The molecule has 0 spiro atoms. The number of nitrogens with zero attached hydrogens (tertiary/aromatic N) is 2. The molecule has 3 heteroatoms. The lowest BCUT2D eigenvalue weighted by molar-refractivity contribution is 0.647. The molecule has 6 aromatic carbocycles. The summed E-state index contributed by atoms with van der Waals surface area (Å²) in [5.74, 6) is 0. The number of benzene rings is 6. The zero-order valence-electron chi connectivity index (χ0n) is 23.1. The maximum absolute atomic E-state index is 2.50. The minimum absolute atomic E-state index is 0.0920. The van der Waals surface area contributed by atoms with Crippen LogP contribution in [-0.4, -0.2) is 34.9 Å². The molecule has 0 fully saturated rings. The van der Waals surface area contributed by atoms with E-state index in [0.717, 1.165) is 0 Å². The van der Waals surface area contributed by atoms with Crippen molar-refractivity contribution >= 4 is 66.8 Å². The third-order valence-corrected chi connectivity index (χ3v) is 8.90. The van der Waals surface area contributed by atoms with Gasteiger partial charge in [-0.25, -0.2) is 0 Å². The molecule has 0 unspecified atom stereocenters. The number of hydrogen-bond acceptors (Lipinski definition) is 2. The summed E-state index contributed by atoms with van der Waals surface area (Å²) < 4.78 is 0. The summed E-state index contributed by atoms with van der Waals surface area (Å²) in [5.41, 5.74) is 9.55. The van der Waals surface area contributed by atoms with Gasteiger partial charge < -0.3 is 9.80 Å². The van der Waals surface area contributed by atoms with Crippen molar-refractivity contribution in [3.63, 3.8) is 0 Å². The van der Waals surface area contributed by atoms with Crippen molar-refractivity contribution < 1.29 is 0 Å². The van der Waals surface area contributed by atoms with E-state index in [-0.39, 0.29) is 12.1 Å². The van der Waals surface area contributed by atoms with Crippen LogP contribution in [0.5, 0.6) is 0 Å². The van der Waals surface area contributed by atoms with Crippen LogP contribution in [0.15, 0.2) is 91.0 Å². The summed E-state index contributed by atoms with van der Waals surface area (Å²) >= 11 is 0. The van der Waals surface area contributed by atoms with E-state index in [4.69, 9.17) is 0 Å². The summed E-state index contributed by atoms with van der Waals surface area (Å²) in [6, 6.07) is 34.5. The van der Waals surface area contributed by atoms with Crippen molar-refractivity contribution in [1.82, 2.24) is 0 Å². The van der Waals surface area contributed by atoms with Crippen LogP contribution in [0, 0.1) is 0 Å². The largest absolute Gasteiger partial charge is 0.377 e. The topological polar surface area (TPSA) is 6.48 Å². The summed E-state index contributed by atoms with van der Waals surface area (Å²) in [4.78, 5) is 4.50. The lowest BCUT2D eigenvalue weighted by atomic mass is 9.31. The van der Waals surface area contributed by atoms with Crippen LogP contribution in [0.1, 0.15) is 25.0 Å². The molecule has 0 amide bonds. The van der Waals surface area contributed by atoms with Gasteiger partial charge in [0.25, 0.3) is 0 Å². The second-order valence-electron chi connectivity index (χ2n) is 11.8. The highest BCUT2D eigenvalue weighted by atomic mass is 15.1. The normalized spacial score (nSPS) is 14.2. The zero-order chi connectivity index (χ0) is 26.3. The number of fused-ring (bicyclic) bond motifs is 3. The molecule has 0 atom stereocenters. The third kappa shape index (κ3) is 3.02. The molecule has 6 aromatic rings. The van der Waals surface area contributed by atoms with Crippen LogP contribution >= 0.6 is 0 Å². The molecule has 0 aromatic heterocycles. The number of rotatable bonds is 3. The fourth-order valence-corrected chi connectivity index (χ4v) is 7.14. The Kier molecular flexibility index (Phi) is 4.88. The molecule has 0 saturated carbocycles. The van der Waals surface area contributed by atoms with Crippen molar-refractivity contribution in [3.8, 4) is 0 Å². The average Bonchev–Trinajstić information content (AvgIpc) is 2.92. The molecule has 0 saturated heterocycles. The van der Waals surface area contributed by atoms with Crippen LogP contribution in [0.25, 0.3) is 32.3 Å². The molecule has 1 heterocycles. The highest BCUT2D eigenvalue weighted by Crippen LogP contribution is 2.45. The van der Waals surface area contributed by atoms with Crippen molar-refractivity contribution in [1.29, 1.82) is 0 Å². The quantitative estimate of drug-likeness (QED) is 0.225. The Hall–Kier alpha value is -3.98. The monoisotopic (exact) mass is 492 g/mol. The smallest absolute Gasteiger partial charge is 0.242 e. The molecule has 38 heavy (non-hydrogen) atoms. The summed E-state index contributed by atoms with van der Waals surface area (Å²) in [7, 11) is 8.60. The van der Waals surface area contributed by atoms with E-state index in [1.54, 1.807) is 0 Å². The molecule has 1 aliphatic heterocycles. The standard InChI is InChI=1S/C35H33BN2/c1-35(2)27-14-10-11-15-29(27)36(23-12-8-7-9-13-23)34-26-19-18-25-31(38(5)6)21-30(37(3)4)24-17-16-22(20-28(34)35)32(26)33(24)25/h7-21H,1-6H3. The number of anilines is 2. The maximum atomic E-state index is 2.50. The van der Waals surface area contributed by atoms with Gasteiger partial charge in [0.2, 0.25) is 6.71 Å². The van der Waals surface area contributed by atoms with Gasteiger partial charge >= 0.3 is 0 Å². The summed E-state index contributed by atoms with van der Waals surface area (Å²) in [6.07, 6.45) is 0. The number of hydrogen-bond donors (Lipinski definition) is 0. The molecule has 0 radical (unpaired) electrons. The van der Waals surface area contributed by atoms with E-state index < -0.39 is 0 Å². The van der Waals surface area contributed by atoms with Gasteiger partial charge in [-0.15, -0.1) is 0 Å². The zero-order valence-corrected chi connectivity index (χ0v) is 23.1. The van der Waals surface area contributed by atoms with Crippen molar-refractivity contribution in [3.05, 3.63) is 102 Å².